The van der Waals surface area contributed by atoms with Crippen molar-refractivity contribution in [2.75, 3.05) is 106 Å². The molecule has 6 rings (SSSR count). The Kier molecular flexibility index (Phi) is 20.0. The van der Waals surface area contributed by atoms with Gasteiger partial charge in [0, 0.05) is 39.6 Å². The summed E-state index contributed by atoms with van der Waals surface area (Å²) in [5, 5.41) is 0. The quantitative estimate of drug-likeness (QED) is 0.0487. The molecule has 0 aromatic carbocycles. The van der Waals surface area contributed by atoms with E-state index in [1.807, 2.05) is 0 Å². The normalized spacial score (nSPS) is 38.5. The molecule has 344 valence electrons. The summed E-state index contributed by atoms with van der Waals surface area (Å²) in [6.07, 6.45) is 7.54. The topological polar surface area (TPSA) is 155 Å². The molecule has 10 atom stereocenters. The third-order valence-corrected chi connectivity index (χ3v) is 34.2. The minimum absolute atomic E-state index is 0.227. The van der Waals surface area contributed by atoms with Gasteiger partial charge in [0.05, 0.1) is 66.1 Å². The van der Waals surface area contributed by atoms with E-state index in [9.17, 15) is 0 Å². The van der Waals surface area contributed by atoms with Crippen molar-refractivity contribution in [3.63, 3.8) is 0 Å². The molecule has 0 aliphatic carbocycles. The van der Waals surface area contributed by atoms with E-state index >= 15 is 0 Å². The van der Waals surface area contributed by atoms with Gasteiger partial charge in [-0.25, -0.2) is 0 Å². The molecule has 0 amide bonds. The first-order valence-corrected chi connectivity index (χ1v) is 35.8. The lowest BCUT2D eigenvalue weighted by Crippen LogP contribution is -2.62. The van der Waals surface area contributed by atoms with E-state index in [1.165, 1.54) is 0 Å². The molecular weight excluding hydrogens is 849 g/mol. The van der Waals surface area contributed by atoms with Crippen molar-refractivity contribution in [2.45, 2.75) is 144 Å². The second kappa shape index (κ2) is 24.1. The van der Waals surface area contributed by atoms with E-state index in [2.05, 4.69) is 32.7 Å². The molecule has 6 aliphatic rings. The van der Waals surface area contributed by atoms with Gasteiger partial charge in [-0.05, 0) is 108 Å². The lowest BCUT2D eigenvalue weighted by atomic mass is 10.4. The zero-order chi connectivity index (χ0) is 41.5. The molecule has 0 radical (unpaired) electrons. The van der Waals surface area contributed by atoms with Gasteiger partial charge >= 0.3 is 34.2 Å². The van der Waals surface area contributed by atoms with Gasteiger partial charge in [-0.1, -0.05) is 6.42 Å². The summed E-state index contributed by atoms with van der Waals surface area (Å²) >= 11 is 0. The lowest BCUT2D eigenvalue weighted by molar-refractivity contribution is 0.112. The first-order chi connectivity index (χ1) is 28.4. The molecule has 6 saturated heterocycles. The number of rotatable bonds is 30. The van der Waals surface area contributed by atoms with Crippen molar-refractivity contribution in [2.24, 2.45) is 0 Å². The highest BCUT2D eigenvalue weighted by molar-refractivity contribution is 6.91. The van der Waals surface area contributed by atoms with Crippen LogP contribution in [0.5, 0.6) is 0 Å². The van der Waals surface area contributed by atoms with Gasteiger partial charge < -0.3 is 68.3 Å². The molecule has 15 nitrogen and oxygen atoms in total. The Morgan fingerprint density at radius 1 is 0.390 bits per heavy atom. The third-order valence-electron chi connectivity index (χ3n) is 11.5. The Balaban J connectivity index is 1.21. The van der Waals surface area contributed by atoms with E-state index in [1.54, 1.807) is 0 Å². The molecule has 20 heteroatoms. The van der Waals surface area contributed by atoms with Gasteiger partial charge in [0.1, 0.15) is 30.5 Å². The second-order valence-corrected chi connectivity index (χ2v) is 36.9. The molecule has 0 N–H and O–H groups in total. The fourth-order valence-electron chi connectivity index (χ4n) is 7.95. The molecule has 0 bridgehead atoms. The van der Waals surface area contributed by atoms with E-state index < -0.39 is 42.6 Å². The van der Waals surface area contributed by atoms with Crippen LogP contribution in [0.2, 0.25) is 69.0 Å². The maximum Gasteiger partial charge on any atom is 0.326 e. The van der Waals surface area contributed by atoms with Crippen LogP contribution in [0.25, 0.3) is 0 Å². The van der Waals surface area contributed by atoms with Crippen LogP contribution in [0.1, 0.15) is 44.9 Å². The molecule has 0 spiro atoms. The zero-order valence-electron chi connectivity index (χ0n) is 37.0. The summed E-state index contributed by atoms with van der Waals surface area (Å²) in [5.74, 6) is 0. The SMILES string of the molecule is C[Si]1(CCCOCC2CO2)CCCCO[Si](C)(CCCOCC2CO2)O[Si](C)(CCCOCC2CO2)O[Si](C)(CCCOCC2CO2)O[Si](C)(CCCOCC2CO2)O1. The van der Waals surface area contributed by atoms with Crippen LogP contribution in [0.4, 0.5) is 0 Å². The Morgan fingerprint density at radius 2 is 0.695 bits per heavy atom. The number of ether oxygens (including phenoxy) is 10. The molecule has 0 aromatic heterocycles. The molecule has 0 saturated carbocycles. The van der Waals surface area contributed by atoms with Crippen molar-refractivity contribution in [3.05, 3.63) is 0 Å². The predicted octanol–water partition coefficient (Wildman–Crippen LogP) is 5.75. The third kappa shape index (κ3) is 20.9. The Morgan fingerprint density at radius 3 is 1.05 bits per heavy atom. The first kappa shape index (κ1) is 48.9. The van der Waals surface area contributed by atoms with Crippen LogP contribution in [-0.4, -0.2) is 179 Å². The molecule has 0 aromatic rings. The van der Waals surface area contributed by atoms with Crippen molar-refractivity contribution in [3.8, 4) is 0 Å². The highest BCUT2D eigenvalue weighted by Crippen LogP contribution is 2.37. The smallest absolute Gasteiger partial charge is 0.326 e. The van der Waals surface area contributed by atoms with Crippen molar-refractivity contribution in [1.29, 1.82) is 0 Å². The van der Waals surface area contributed by atoms with Crippen molar-refractivity contribution >= 4 is 42.6 Å². The van der Waals surface area contributed by atoms with E-state index in [0.717, 1.165) is 114 Å². The number of epoxide rings is 5. The van der Waals surface area contributed by atoms with E-state index in [4.69, 9.17) is 68.3 Å². The van der Waals surface area contributed by atoms with E-state index in [-0.39, 0.29) is 30.5 Å². The van der Waals surface area contributed by atoms with Crippen LogP contribution in [0.3, 0.4) is 0 Å². The summed E-state index contributed by atoms with van der Waals surface area (Å²) < 4.78 is 94.6. The Labute approximate surface area is 359 Å². The summed E-state index contributed by atoms with van der Waals surface area (Å²) in [7, 11) is -13.8. The molecular formula is C39H78O15Si5. The van der Waals surface area contributed by atoms with Crippen LogP contribution in [0.15, 0.2) is 0 Å². The fraction of sp³-hybridized carbons (Fsp3) is 1.00. The summed E-state index contributed by atoms with van der Waals surface area (Å²) in [4.78, 5) is 0. The standard InChI is InChI=1S/C39H78O15Si5/c1-55(20-8-13-40-25-35-30-45-35)19-7-6-18-50-56(2,21-9-14-41-26-36-31-46-36)52-58(4,23-11-16-43-28-38-33-48-38)54-59(5,24-12-17-44-29-39-34-49-39)53-57(3,51-55)22-10-15-42-27-37-32-47-37/h35-39H,6-34H2,1-5H3. The van der Waals surface area contributed by atoms with Gasteiger partial charge in [-0.3, -0.25) is 0 Å². The maximum absolute atomic E-state index is 7.69. The van der Waals surface area contributed by atoms with Crippen LogP contribution >= 0.6 is 0 Å². The van der Waals surface area contributed by atoms with Gasteiger partial charge in [0.25, 0.3) is 0 Å². The fourth-order valence-corrected chi connectivity index (χ4v) is 34.6. The highest BCUT2D eigenvalue weighted by atomic mass is 28.5. The summed E-state index contributed by atoms with van der Waals surface area (Å²) in [6, 6.07) is 5.25. The van der Waals surface area contributed by atoms with Crippen molar-refractivity contribution in [1.82, 2.24) is 0 Å². The van der Waals surface area contributed by atoms with Crippen LogP contribution in [0, 0.1) is 0 Å². The number of hydrogen-bond donors (Lipinski definition) is 0. The van der Waals surface area contributed by atoms with Crippen molar-refractivity contribution < 1.29 is 68.3 Å². The zero-order valence-corrected chi connectivity index (χ0v) is 42.0. The lowest BCUT2D eigenvalue weighted by Gasteiger charge is -2.47. The average Bonchev–Trinajstić information content (AvgIpc) is 3.96. The maximum atomic E-state index is 7.69. The molecule has 6 heterocycles. The van der Waals surface area contributed by atoms with Crippen LogP contribution in [-0.2, 0) is 68.3 Å². The largest absolute Gasteiger partial charge is 0.436 e. The first-order valence-electron chi connectivity index (χ1n) is 22.8. The summed E-state index contributed by atoms with van der Waals surface area (Å²) in [6.45, 7) is 22.6. The van der Waals surface area contributed by atoms with E-state index in [0.29, 0.717) is 72.7 Å². The minimum Gasteiger partial charge on any atom is -0.436 e. The molecule has 10 unspecified atom stereocenters. The second-order valence-electron chi connectivity index (χ2n) is 18.4. The minimum atomic E-state index is -3.00. The molecule has 6 fully saturated rings. The molecule has 59 heavy (non-hydrogen) atoms. The predicted molar refractivity (Wildman–Crippen MR) is 232 cm³/mol. The summed E-state index contributed by atoms with van der Waals surface area (Å²) in [5.41, 5.74) is 0. The van der Waals surface area contributed by atoms with Gasteiger partial charge in [-0.2, -0.15) is 0 Å². The highest BCUT2D eigenvalue weighted by Gasteiger charge is 2.52. The van der Waals surface area contributed by atoms with Gasteiger partial charge in [0.2, 0.25) is 0 Å². The van der Waals surface area contributed by atoms with Crippen LogP contribution < -0.4 is 0 Å². The average molecular weight is 927 g/mol. The van der Waals surface area contributed by atoms with Gasteiger partial charge in [-0.15, -0.1) is 0 Å². The monoisotopic (exact) mass is 926 g/mol. The Bertz CT molecular complexity index is 1130. The Hall–Kier alpha value is 0.484. The van der Waals surface area contributed by atoms with Gasteiger partial charge in [0.15, 0.2) is 8.32 Å². The molecule has 6 aliphatic heterocycles. The number of hydrogen-bond acceptors (Lipinski definition) is 15.